The number of anilines is 1. The molecule has 1 aromatic carbocycles. The van der Waals surface area contributed by atoms with Gasteiger partial charge in [-0.1, -0.05) is 0 Å². The van der Waals surface area contributed by atoms with E-state index < -0.39 is 0 Å². The molecule has 3 N–H and O–H groups in total. The van der Waals surface area contributed by atoms with Gasteiger partial charge in [0.1, 0.15) is 11.5 Å². The van der Waals surface area contributed by atoms with Gasteiger partial charge in [-0.05, 0) is 23.6 Å². The number of thiophene rings is 1. The molecule has 0 aliphatic carbocycles. The van der Waals surface area contributed by atoms with Crippen LogP contribution in [-0.2, 0) is 6.54 Å². The second-order valence-electron chi connectivity index (χ2n) is 3.18. The fraction of sp³-hybridized carbons (Fsp3) is 0.0909. The van der Waals surface area contributed by atoms with Crippen molar-refractivity contribution in [2.45, 2.75) is 6.54 Å². The molecule has 0 atom stereocenters. The van der Waals surface area contributed by atoms with Gasteiger partial charge in [0, 0.05) is 29.2 Å². The predicted octanol–water partition coefficient (Wildman–Crippen LogP) is 2.77. The summed E-state index contributed by atoms with van der Waals surface area (Å²) in [4.78, 5) is 0. The molecule has 0 saturated carbocycles. The SMILES string of the molecule is Oc1ccc(CNc2ccsc2)c(O)c1. The Kier molecular flexibility index (Phi) is 2.78. The van der Waals surface area contributed by atoms with Crippen molar-refractivity contribution in [3.63, 3.8) is 0 Å². The van der Waals surface area contributed by atoms with Crippen LogP contribution in [0.3, 0.4) is 0 Å². The molecular weight excluding hydrogens is 210 g/mol. The fourth-order valence-electron chi connectivity index (χ4n) is 1.26. The molecule has 0 spiro atoms. The third-order valence-electron chi connectivity index (χ3n) is 2.07. The molecule has 2 rings (SSSR count). The highest BCUT2D eigenvalue weighted by Gasteiger charge is 2.01. The average Bonchev–Trinajstić information content (AvgIpc) is 2.69. The van der Waals surface area contributed by atoms with Gasteiger partial charge in [-0.2, -0.15) is 11.3 Å². The topological polar surface area (TPSA) is 52.5 Å². The van der Waals surface area contributed by atoms with E-state index in [4.69, 9.17) is 5.11 Å². The highest BCUT2D eigenvalue weighted by molar-refractivity contribution is 7.08. The first-order valence-electron chi connectivity index (χ1n) is 4.52. The molecule has 0 bridgehead atoms. The summed E-state index contributed by atoms with van der Waals surface area (Å²) in [6.07, 6.45) is 0. The van der Waals surface area contributed by atoms with Crippen molar-refractivity contribution in [1.29, 1.82) is 0 Å². The van der Waals surface area contributed by atoms with E-state index in [1.807, 2.05) is 16.8 Å². The Bertz CT molecular complexity index is 440. The second-order valence-corrected chi connectivity index (χ2v) is 3.96. The van der Waals surface area contributed by atoms with Crippen LogP contribution < -0.4 is 5.32 Å². The van der Waals surface area contributed by atoms with Crippen LogP contribution in [0.25, 0.3) is 0 Å². The lowest BCUT2D eigenvalue weighted by Crippen LogP contribution is -1.98. The van der Waals surface area contributed by atoms with Gasteiger partial charge in [-0.25, -0.2) is 0 Å². The van der Waals surface area contributed by atoms with Crippen LogP contribution in [0.5, 0.6) is 11.5 Å². The number of aromatic hydroxyl groups is 2. The number of phenolic OH excluding ortho intramolecular Hbond substituents is 2. The minimum atomic E-state index is 0.0757. The second kappa shape index (κ2) is 4.23. The van der Waals surface area contributed by atoms with Gasteiger partial charge in [0.15, 0.2) is 0 Å². The summed E-state index contributed by atoms with van der Waals surface area (Å²) < 4.78 is 0. The van der Waals surface area contributed by atoms with Gasteiger partial charge < -0.3 is 15.5 Å². The number of hydrogen-bond acceptors (Lipinski definition) is 4. The van der Waals surface area contributed by atoms with Crippen molar-refractivity contribution in [3.8, 4) is 11.5 Å². The smallest absolute Gasteiger partial charge is 0.124 e. The van der Waals surface area contributed by atoms with Crippen LogP contribution in [0.4, 0.5) is 5.69 Å². The van der Waals surface area contributed by atoms with Crippen molar-refractivity contribution in [2.75, 3.05) is 5.32 Å². The van der Waals surface area contributed by atoms with E-state index in [9.17, 15) is 5.11 Å². The van der Waals surface area contributed by atoms with E-state index in [1.165, 1.54) is 6.07 Å². The molecule has 4 heteroatoms. The molecule has 0 unspecified atom stereocenters. The monoisotopic (exact) mass is 221 g/mol. The third-order valence-corrected chi connectivity index (χ3v) is 2.76. The molecule has 0 saturated heterocycles. The maximum atomic E-state index is 9.52. The summed E-state index contributed by atoms with van der Waals surface area (Å²) in [6.45, 7) is 0.544. The van der Waals surface area contributed by atoms with E-state index >= 15 is 0 Å². The zero-order valence-corrected chi connectivity index (χ0v) is 8.79. The lowest BCUT2D eigenvalue weighted by molar-refractivity contribution is 0.446. The summed E-state index contributed by atoms with van der Waals surface area (Å²) in [5.74, 6) is 0.185. The van der Waals surface area contributed by atoms with E-state index in [0.717, 1.165) is 11.3 Å². The van der Waals surface area contributed by atoms with Gasteiger partial charge in [-0.15, -0.1) is 0 Å². The van der Waals surface area contributed by atoms with Crippen LogP contribution in [0, 0.1) is 0 Å². The molecule has 15 heavy (non-hydrogen) atoms. The van der Waals surface area contributed by atoms with Crippen molar-refractivity contribution in [2.24, 2.45) is 0 Å². The van der Waals surface area contributed by atoms with Gasteiger partial charge in [0.05, 0.1) is 0 Å². The van der Waals surface area contributed by atoms with Crippen molar-refractivity contribution < 1.29 is 10.2 Å². The summed E-state index contributed by atoms with van der Waals surface area (Å²) in [6, 6.07) is 6.57. The Morgan fingerprint density at radius 3 is 2.73 bits per heavy atom. The first-order chi connectivity index (χ1) is 7.25. The lowest BCUT2D eigenvalue weighted by Gasteiger charge is -2.06. The van der Waals surface area contributed by atoms with Gasteiger partial charge in [-0.3, -0.25) is 0 Å². The molecule has 78 valence electrons. The Hall–Kier alpha value is -1.68. The van der Waals surface area contributed by atoms with Gasteiger partial charge in [0.25, 0.3) is 0 Å². The number of hydrogen-bond donors (Lipinski definition) is 3. The number of phenols is 2. The molecule has 0 aliphatic heterocycles. The minimum absolute atomic E-state index is 0.0757. The molecule has 0 radical (unpaired) electrons. The Morgan fingerprint density at radius 1 is 1.20 bits per heavy atom. The average molecular weight is 221 g/mol. The molecule has 0 fully saturated rings. The summed E-state index contributed by atoms with van der Waals surface area (Å²) in [5.41, 5.74) is 1.80. The van der Waals surface area contributed by atoms with Crippen molar-refractivity contribution in [3.05, 3.63) is 40.6 Å². The molecule has 0 amide bonds. The maximum absolute atomic E-state index is 9.52. The van der Waals surface area contributed by atoms with E-state index in [-0.39, 0.29) is 11.5 Å². The van der Waals surface area contributed by atoms with Crippen molar-refractivity contribution >= 4 is 17.0 Å². The molecule has 3 nitrogen and oxygen atoms in total. The standard InChI is InChI=1S/C11H11NO2S/c13-10-2-1-8(11(14)5-10)6-12-9-3-4-15-7-9/h1-5,7,12-14H,6H2. The fourth-order valence-corrected chi connectivity index (χ4v) is 1.88. The van der Waals surface area contributed by atoms with E-state index in [0.29, 0.717) is 6.54 Å². The molecule has 1 aromatic heterocycles. The van der Waals surface area contributed by atoms with Crippen LogP contribution in [0.1, 0.15) is 5.56 Å². The van der Waals surface area contributed by atoms with Crippen LogP contribution in [-0.4, -0.2) is 10.2 Å². The quantitative estimate of drug-likeness (QED) is 0.747. The highest BCUT2D eigenvalue weighted by Crippen LogP contribution is 2.23. The third kappa shape index (κ3) is 2.41. The molecular formula is C11H11NO2S. The number of nitrogens with one attached hydrogen (secondary N) is 1. The zero-order chi connectivity index (χ0) is 10.7. The van der Waals surface area contributed by atoms with E-state index in [1.54, 1.807) is 23.5 Å². The summed E-state index contributed by atoms with van der Waals surface area (Å²) in [5, 5.41) is 25.8. The first-order valence-corrected chi connectivity index (χ1v) is 5.47. The van der Waals surface area contributed by atoms with E-state index in [2.05, 4.69) is 5.32 Å². The van der Waals surface area contributed by atoms with Gasteiger partial charge in [0.2, 0.25) is 0 Å². The van der Waals surface area contributed by atoms with Gasteiger partial charge >= 0.3 is 0 Å². The normalized spacial score (nSPS) is 10.1. The van der Waals surface area contributed by atoms with Crippen LogP contribution in [0.2, 0.25) is 0 Å². The highest BCUT2D eigenvalue weighted by atomic mass is 32.1. The van der Waals surface area contributed by atoms with Crippen LogP contribution >= 0.6 is 11.3 Å². The number of rotatable bonds is 3. The largest absolute Gasteiger partial charge is 0.508 e. The summed E-state index contributed by atoms with van der Waals surface area (Å²) >= 11 is 1.62. The molecule has 1 heterocycles. The van der Waals surface area contributed by atoms with Crippen LogP contribution in [0.15, 0.2) is 35.0 Å². The molecule has 0 aliphatic rings. The Morgan fingerprint density at radius 2 is 2.07 bits per heavy atom. The predicted molar refractivity (Wildman–Crippen MR) is 61.4 cm³/mol. The summed E-state index contributed by atoms with van der Waals surface area (Å²) in [7, 11) is 0. The Labute approximate surface area is 91.6 Å². The number of benzene rings is 1. The van der Waals surface area contributed by atoms with Crippen molar-refractivity contribution in [1.82, 2.24) is 0 Å². The molecule has 2 aromatic rings. The first kappa shape index (κ1) is 9.86. The maximum Gasteiger partial charge on any atom is 0.124 e. The minimum Gasteiger partial charge on any atom is -0.508 e. The Balaban J connectivity index is 2.05. The zero-order valence-electron chi connectivity index (χ0n) is 7.97. The lowest BCUT2D eigenvalue weighted by atomic mass is 10.2.